The molecule has 4 fully saturated rings. The Kier molecular flexibility index (Phi) is 7.30. The summed E-state index contributed by atoms with van der Waals surface area (Å²) in [5.41, 5.74) is 5.57. The molecule has 47 heavy (non-hydrogen) atoms. The smallest absolute Gasteiger partial charge is 0.264 e. The summed E-state index contributed by atoms with van der Waals surface area (Å²) in [6.07, 6.45) is 8.72. The molecule has 250 valence electrons. The number of methoxy groups -OCH3 is 1. The minimum atomic E-state index is -3.80. The van der Waals surface area contributed by atoms with E-state index in [1.807, 2.05) is 18.2 Å². The Morgan fingerprint density at radius 1 is 1.04 bits per heavy atom. The number of nitrogens with zero attached hydrogens (tertiary/aromatic N) is 2. The van der Waals surface area contributed by atoms with Crippen LogP contribution in [-0.2, 0) is 21.4 Å². The minimum Gasteiger partial charge on any atom is -0.497 e. The SMILES string of the molecule is COc1ccc2c(c1)C1CC1(C(=O)N1CCC3(CCNC3)C1)Cn1c-2c(C2CCCCC2)c2ccc(C(=O)NS(=O)(=O)C(C)C)cc21. The molecule has 0 radical (unpaired) electrons. The summed E-state index contributed by atoms with van der Waals surface area (Å²) in [6.45, 7) is 7.23. The number of rotatable bonds is 6. The Hall–Kier alpha value is -3.37. The van der Waals surface area contributed by atoms with E-state index in [-0.39, 0.29) is 17.2 Å². The average Bonchev–Trinajstić information content (AvgIpc) is 3.31. The summed E-state index contributed by atoms with van der Waals surface area (Å²) in [5.74, 6) is 0.855. The lowest BCUT2D eigenvalue weighted by molar-refractivity contribution is -0.137. The number of nitrogens with one attached hydrogen (secondary N) is 2. The van der Waals surface area contributed by atoms with Crippen LogP contribution in [-0.4, -0.2) is 68.2 Å². The van der Waals surface area contributed by atoms with Crippen LogP contribution >= 0.6 is 0 Å². The molecule has 5 aliphatic rings. The van der Waals surface area contributed by atoms with Crippen molar-refractivity contribution in [3.05, 3.63) is 53.1 Å². The third-order valence-corrected chi connectivity index (χ3v) is 13.8. The van der Waals surface area contributed by atoms with Gasteiger partial charge in [0.25, 0.3) is 5.91 Å². The van der Waals surface area contributed by atoms with Crippen LogP contribution in [0.2, 0.25) is 0 Å². The standard InChI is InChI=1S/C37H46N4O5S/c1-23(2)47(44,45)39-34(42)25-9-11-28-31(17-25)41-22-37(35(43)40-16-14-36(21-40)13-15-38-20-36)19-30(37)29-18-26(46-3)10-12-27(29)33(41)32(28)24-7-5-4-6-8-24/h9-12,17-18,23-24,30,38H,4-8,13-16,19-22H2,1-3H3,(H,39,42). The van der Waals surface area contributed by atoms with Gasteiger partial charge in [0, 0.05) is 59.5 Å². The van der Waals surface area contributed by atoms with E-state index in [0.717, 1.165) is 86.2 Å². The fourth-order valence-corrected chi connectivity index (χ4v) is 9.91. The van der Waals surface area contributed by atoms with Crippen LogP contribution in [0.5, 0.6) is 5.75 Å². The second-order valence-electron chi connectivity index (χ2n) is 15.2. The van der Waals surface area contributed by atoms with Crippen LogP contribution in [0.3, 0.4) is 0 Å². The highest BCUT2D eigenvalue weighted by molar-refractivity contribution is 7.90. The number of amides is 2. The van der Waals surface area contributed by atoms with Gasteiger partial charge in [-0.15, -0.1) is 0 Å². The van der Waals surface area contributed by atoms with Gasteiger partial charge in [0.05, 0.1) is 23.5 Å². The molecule has 1 aromatic heterocycles. The van der Waals surface area contributed by atoms with Crippen molar-refractivity contribution in [2.24, 2.45) is 10.8 Å². The quantitative estimate of drug-likeness (QED) is 0.361. The van der Waals surface area contributed by atoms with Crippen LogP contribution in [0.15, 0.2) is 36.4 Å². The van der Waals surface area contributed by atoms with Gasteiger partial charge in [-0.3, -0.25) is 9.59 Å². The summed E-state index contributed by atoms with van der Waals surface area (Å²) in [6, 6.07) is 12.0. The lowest BCUT2D eigenvalue weighted by Crippen LogP contribution is -2.40. The predicted octanol–water partition coefficient (Wildman–Crippen LogP) is 5.53. The van der Waals surface area contributed by atoms with E-state index >= 15 is 0 Å². The van der Waals surface area contributed by atoms with E-state index in [2.05, 4.69) is 31.6 Å². The lowest BCUT2D eigenvalue weighted by Gasteiger charge is -2.27. The summed E-state index contributed by atoms with van der Waals surface area (Å²) in [5, 5.41) is 3.89. The number of hydrogen-bond acceptors (Lipinski definition) is 6. The zero-order valence-corrected chi connectivity index (χ0v) is 28.5. The van der Waals surface area contributed by atoms with Gasteiger partial charge in [0.1, 0.15) is 5.75 Å². The van der Waals surface area contributed by atoms with Crippen LogP contribution in [0.25, 0.3) is 22.2 Å². The highest BCUT2D eigenvalue weighted by Crippen LogP contribution is 2.66. The molecule has 2 N–H and O–H groups in total. The normalized spacial score (nSPS) is 27.1. The average molecular weight is 659 g/mol. The predicted molar refractivity (Wildman–Crippen MR) is 182 cm³/mol. The van der Waals surface area contributed by atoms with E-state index in [4.69, 9.17) is 4.74 Å². The maximum Gasteiger partial charge on any atom is 0.264 e. The molecule has 2 aromatic carbocycles. The number of carbonyl (C=O) groups is 2. The first kappa shape index (κ1) is 30.9. The Bertz CT molecular complexity index is 1890. The fourth-order valence-electron chi connectivity index (χ4n) is 9.30. The first-order valence-electron chi connectivity index (χ1n) is 17.5. The Labute approximate surface area is 277 Å². The van der Waals surface area contributed by atoms with Crippen molar-refractivity contribution in [1.29, 1.82) is 0 Å². The van der Waals surface area contributed by atoms with Crippen LogP contribution in [0.1, 0.15) is 98.5 Å². The molecule has 2 saturated heterocycles. The van der Waals surface area contributed by atoms with Gasteiger partial charge in [-0.05, 0) is 99.9 Å². The van der Waals surface area contributed by atoms with Gasteiger partial charge in [0.2, 0.25) is 15.9 Å². The minimum absolute atomic E-state index is 0.0789. The monoisotopic (exact) mass is 658 g/mol. The molecule has 3 atom stereocenters. The molecule has 4 heterocycles. The molecule has 10 heteroatoms. The molecule has 3 aliphatic heterocycles. The Balaban J connectivity index is 1.30. The van der Waals surface area contributed by atoms with Crippen LogP contribution in [0, 0.1) is 10.8 Å². The maximum absolute atomic E-state index is 14.8. The van der Waals surface area contributed by atoms with E-state index in [1.54, 1.807) is 27.0 Å². The van der Waals surface area contributed by atoms with Gasteiger partial charge in [-0.25, -0.2) is 13.1 Å². The van der Waals surface area contributed by atoms with E-state index < -0.39 is 26.6 Å². The molecule has 2 saturated carbocycles. The molecule has 3 aromatic rings. The lowest BCUT2D eigenvalue weighted by atomic mass is 9.81. The molecular weight excluding hydrogens is 612 g/mol. The molecule has 2 aliphatic carbocycles. The maximum atomic E-state index is 14.8. The number of sulfonamides is 1. The topological polar surface area (TPSA) is 110 Å². The van der Waals surface area contributed by atoms with Crippen LogP contribution < -0.4 is 14.8 Å². The highest BCUT2D eigenvalue weighted by atomic mass is 32.2. The van der Waals surface area contributed by atoms with Gasteiger partial charge in [-0.1, -0.05) is 25.3 Å². The zero-order chi connectivity index (χ0) is 32.7. The Morgan fingerprint density at radius 3 is 2.57 bits per heavy atom. The summed E-state index contributed by atoms with van der Waals surface area (Å²) in [4.78, 5) is 30.3. The number of fused-ring (bicyclic) bond motifs is 7. The Morgan fingerprint density at radius 2 is 1.85 bits per heavy atom. The zero-order valence-electron chi connectivity index (χ0n) is 27.7. The fraction of sp³-hybridized carbons (Fsp3) is 0.568. The van der Waals surface area contributed by atoms with Crippen molar-refractivity contribution in [1.82, 2.24) is 19.5 Å². The number of hydrogen-bond donors (Lipinski definition) is 2. The summed E-state index contributed by atoms with van der Waals surface area (Å²) >= 11 is 0. The van der Waals surface area contributed by atoms with Crippen molar-refractivity contribution >= 4 is 32.7 Å². The molecule has 8 rings (SSSR count). The number of likely N-dealkylation sites (tertiary alicyclic amines) is 1. The number of aromatic nitrogens is 1. The third-order valence-electron chi connectivity index (χ3n) is 12.1. The largest absolute Gasteiger partial charge is 0.497 e. The number of ether oxygens (including phenoxy) is 1. The van der Waals surface area contributed by atoms with E-state index in [9.17, 15) is 18.0 Å². The second kappa shape index (κ2) is 11.1. The second-order valence-corrected chi connectivity index (χ2v) is 17.4. The number of benzene rings is 2. The molecule has 2 amide bonds. The van der Waals surface area contributed by atoms with Gasteiger partial charge in [0.15, 0.2) is 0 Å². The molecule has 0 bridgehead atoms. The summed E-state index contributed by atoms with van der Waals surface area (Å²) < 4.78 is 35.6. The van der Waals surface area contributed by atoms with Crippen molar-refractivity contribution in [2.75, 3.05) is 33.3 Å². The highest BCUT2D eigenvalue weighted by Gasteiger charge is 2.64. The molecule has 9 nitrogen and oxygen atoms in total. The van der Waals surface area contributed by atoms with E-state index in [0.29, 0.717) is 18.0 Å². The van der Waals surface area contributed by atoms with Gasteiger partial charge < -0.3 is 19.5 Å². The first-order valence-corrected chi connectivity index (χ1v) is 19.0. The van der Waals surface area contributed by atoms with Gasteiger partial charge in [-0.2, -0.15) is 0 Å². The van der Waals surface area contributed by atoms with Gasteiger partial charge >= 0.3 is 0 Å². The molecular formula is C37H46N4O5S. The first-order chi connectivity index (χ1) is 22.6. The van der Waals surface area contributed by atoms with Crippen LogP contribution in [0.4, 0.5) is 0 Å². The van der Waals surface area contributed by atoms with Crippen molar-refractivity contribution in [3.63, 3.8) is 0 Å². The summed E-state index contributed by atoms with van der Waals surface area (Å²) in [7, 11) is -2.10. The van der Waals surface area contributed by atoms with Crippen molar-refractivity contribution in [2.45, 2.75) is 88.8 Å². The van der Waals surface area contributed by atoms with Crippen molar-refractivity contribution < 1.29 is 22.7 Å². The molecule has 1 spiro atoms. The third kappa shape index (κ3) is 4.92. The van der Waals surface area contributed by atoms with Crippen molar-refractivity contribution in [3.8, 4) is 17.0 Å². The van der Waals surface area contributed by atoms with E-state index in [1.165, 1.54) is 30.4 Å². The molecule has 3 unspecified atom stereocenters. The number of carbonyl (C=O) groups excluding carboxylic acids is 2.